The van der Waals surface area contributed by atoms with Crippen molar-refractivity contribution in [1.82, 2.24) is 5.01 Å². The maximum Gasteiger partial charge on any atom is 0.338 e. The number of rotatable bonds is 5. The van der Waals surface area contributed by atoms with Crippen molar-refractivity contribution in [2.24, 2.45) is 5.10 Å². The van der Waals surface area contributed by atoms with Gasteiger partial charge in [0, 0.05) is 6.42 Å². The van der Waals surface area contributed by atoms with Crippen LogP contribution in [0.1, 0.15) is 39.7 Å². The summed E-state index contributed by atoms with van der Waals surface area (Å²) in [4.78, 5) is 37.0. The van der Waals surface area contributed by atoms with Gasteiger partial charge >= 0.3 is 5.97 Å². The summed E-state index contributed by atoms with van der Waals surface area (Å²) >= 11 is 0. The number of hydrogen-bond acceptors (Lipinski definition) is 7. The normalized spacial score (nSPS) is 16.9. The number of anilines is 1. The SMILES string of the molecule is Cc1ccc(C2=NN(C(=O)COC(=O)c3ccc4c(c3)OCC(=O)N4)C(c3ccco3)C2)cc1. The number of aryl methyl sites for hydroxylation is 1. The lowest BCUT2D eigenvalue weighted by molar-refractivity contribution is -0.136. The van der Waals surface area contributed by atoms with Crippen LogP contribution in [-0.2, 0) is 14.3 Å². The first-order valence-electron chi connectivity index (χ1n) is 10.7. The number of nitrogens with zero attached hydrogens (tertiary/aromatic N) is 2. The zero-order chi connectivity index (χ0) is 23.7. The highest BCUT2D eigenvalue weighted by Crippen LogP contribution is 2.33. The first-order chi connectivity index (χ1) is 16.5. The molecule has 172 valence electrons. The van der Waals surface area contributed by atoms with E-state index in [2.05, 4.69) is 10.4 Å². The average molecular weight is 459 g/mol. The highest BCUT2D eigenvalue weighted by atomic mass is 16.5. The van der Waals surface area contributed by atoms with E-state index in [4.69, 9.17) is 13.9 Å². The Morgan fingerprint density at radius 3 is 2.76 bits per heavy atom. The summed E-state index contributed by atoms with van der Waals surface area (Å²) in [5, 5.41) is 8.49. The largest absolute Gasteiger partial charge is 0.482 e. The summed E-state index contributed by atoms with van der Waals surface area (Å²) in [5.74, 6) is -0.466. The Bertz CT molecular complexity index is 1280. The van der Waals surface area contributed by atoms with E-state index in [9.17, 15) is 14.4 Å². The van der Waals surface area contributed by atoms with Gasteiger partial charge in [-0.3, -0.25) is 9.59 Å². The van der Waals surface area contributed by atoms with Gasteiger partial charge in [0.25, 0.3) is 11.8 Å². The quantitative estimate of drug-likeness (QED) is 0.585. The van der Waals surface area contributed by atoms with Gasteiger partial charge in [-0.15, -0.1) is 0 Å². The van der Waals surface area contributed by atoms with Crippen molar-refractivity contribution in [3.63, 3.8) is 0 Å². The van der Waals surface area contributed by atoms with Gasteiger partial charge < -0.3 is 19.2 Å². The number of ether oxygens (including phenoxy) is 2. The molecule has 1 aromatic heterocycles. The Hall–Kier alpha value is -4.40. The van der Waals surface area contributed by atoms with Crippen LogP contribution in [0, 0.1) is 6.92 Å². The van der Waals surface area contributed by atoms with Gasteiger partial charge in [0.05, 0.1) is 23.2 Å². The maximum absolute atomic E-state index is 13.0. The Morgan fingerprint density at radius 1 is 1.18 bits per heavy atom. The lowest BCUT2D eigenvalue weighted by atomic mass is 10.0. The molecule has 1 atom stereocenters. The van der Waals surface area contributed by atoms with E-state index in [-0.39, 0.29) is 18.1 Å². The molecule has 5 rings (SSSR count). The predicted molar refractivity (Wildman–Crippen MR) is 121 cm³/mol. The Labute approximate surface area is 194 Å². The van der Waals surface area contributed by atoms with Crippen molar-refractivity contribution in [3.05, 3.63) is 83.3 Å². The van der Waals surface area contributed by atoms with Crippen molar-refractivity contribution in [1.29, 1.82) is 0 Å². The zero-order valence-corrected chi connectivity index (χ0v) is 18.3. The van der Waals surface area contributed by atoms with Crippen LogP contribution in [0.15, 0.2) is 70.4 Å². The van der Waals surface area contributed by atoms with Gasteiger partial charge in [0.1, 0.15) is 17.6 Å². The summed E-state index contributed by atoms with van der Waals surface area (Å²) < 4.78 is 16.1. The van der Waals surface area contributed by atoms with Crippen LogP contribution >= 0.6 is 0 Å². The molecule has 2 aromatic carbocycles. The lowest BCUT2D eigenvalue weighted by Crippen LogP contribution is -2.31. The topological polar surface area (TPSA) is 110 Å². The molecule has 0 fully saturated rings. The van der Waals surface area contributed by atoms with Gasteiger partial charge in [-0.25, -0.2) is 9.80 Å². The summed E-state index contributed by atoms with van der Waals surface area (Å²) in [5.41, 5.74) is 3.46. The molecule has 0 radical (unpaired) electrons. The molecule has 0 saturated heterocycles. The molecule has 0 aliphatic carbocycles. The highest BCUT2D eigenvalue weighted by Gasteiger charge is 2.35. The van der Waals surface area contributed by atoms with Crippen LogP contribution in [-0.4, -0.2) is 41.7 Å². The van der Waals surface area contributed by atoms with Gasteiger partial charge in [-0.1, -0.05) is 29.8 Å². The predicted octanol–water partition coefficient (Wildman–Crippen LogP) is 3.45. The van der Waals surface area contributed by atoms with Crippen molar-refractivity contribution >= 4 is 29.2 Å². The maximum atomic E-state index is 13.0. The molecule has 2 aliphatic rings. The van der Waals surface area contributed by atoms with E-state index in [0.717, 1.165) is 16.8 Å². The third kappa shape index (κ3) is 4.27. The number of fused-ring (bicyclic) bond motifs is 1. The van der Waals surface area contributed by atoms with Crippen molar-refractivity contribution in [2.75, 3.05) is 18.5 Å². The summed E-state index contributed by atoms with van der Waals surface area (Å²) in [6.45, 7) is 1.38. The first-order valence-corrected chi connectivity index (χ1v) is 10.7. The minimum absolute atomic E-state index is 0.131. The number of benzene rings is 2. The Kier molecular flexibility index (Phi) is 5.59. The van der Waals surface area contributed by atoms with E-state index >= 15 is 0 Å². The molecule has 34 heavy (non-hydrogen) atoms. The number of hydrogen-bond donors (Lipinski definition) is 1. The van der Waals surface area contributed by atoms with Crippen LogP contribution in [0.5, 0.6) is 5.75 Å². The molecule has 0 spiro atoms. The van der Waals surface area contributed by atoms with E-state index in [1.807, 2.05) is 31.2 Å². The second-order valence-corrected chi connectivity index (χ2v) is 8.01. The molecule has 1 unspecified atom stereocenters. The number of esters is 1. The molecule has 9 heteroatoms. The van der Waals surface area contributed by atoms with Crippen molar-refractivity contribution < 1.29 is 28.3 Å². The van der Waals surface area contributed by atoms with Crippen LogP contribution in [0.4, 0.5) is 5.69 Å². The molecule has 3 aromatic rings. The third-order valence-electron chi connectivity index (χ3n) is 5.60. The summed E-state index contributed by atoms with van der Waals surface area (Å²) in [7, 11) is 0. The summed E-state index contributed by atoms with van der Waals surface area (Å²) in [6.07, 6.45) is 2.02. The van der Waals surface area contributed by atoms with Crippen LogP contribution < -0.4 is 10.1 Å². The molecule has 2 aliphatic heterocycles. The van der Waals surface area contributed by atoms with E-state index in [1.54, 1.807) is 24.5 Å². The monoisotopic (exact) mass is 459 g/mol. The standard InChI is InChI=1S/C25H21N3O6/c1-15-4-6-16(7-5-15)19-12-20(21-3-2-10-32-21)28(27-19)24(30)14-34-25(31)17-8-9-18-22(11-17)33-13-23(29)26-18/h2-11,20H,12-14H2,1H3,(H,26,29). The van der Waals surface area contributed by atoms with E-state index in [1.165, 1.54) is 17.1 Å². The smallest absolute Gasteiger partial charge is 0.338 e. The second-order valence-electron chi connectivity index (χ2n) is 8.01. The third-order valence-corrected chi connectivity index (χ3v) is 5.60. The minimum atomic E-state index is -0.687. The minimum Gasteiger partial charge on any atom is -0.482 e. The van der Waals surface area contributed by atoms with Crippen LogP contribution in [0.25, 0.3) is 0 Å². The molecule has 1 N–H and O–H groups in total. The number of amides is 2. The fourth-order valence-electron chi connectivity index (χ4n) is 3.84. The number of carbonyl (C=O) groups is 3. The first kappa shape index (κ1) is 21.4. The van der Waals surface area contributed by atoms with Gasteiger partial charge in [-0.2, -0.15) is 5.10 Å². The van der Waals surface area contributed by atoms with Gasteiger partial charge in [0.15, 0.2) is 13.2 Å². The Morgan fingerprint density at radius 2 is 2.00 bits per heavy atom. The zero-order valence-electron chi connectivity index (χ0n) is 18.3. The number of nitrogens with one attached hydrogen (secondary N) is 1. The molecular weight excluding hydrogens is 438 g/mol. The second kappa shape index (κ2) is 8.86. The molecule has 0 saturated carbocycles. The van der Waals surface area contributed by atoms with Crippen LogP contribution in [0.2, 0.25) is 0 Å². The van der Waals surface area contributed by atoms with E-state index in [0.29, 0.717) is 23.6 Å². The Balaban J connectivity index is 1.30. The van der Waals surface area contributed by atoms with Gasteiger partial charge in [0.2, 0.25) is 0 Å². The number of hydrazone groups is 1. The van der Waals surface area contributed by atoms with Crippen LogP contribution in [0.3, 0.4) is 0 Å². The van der Waals surface area contributed by atoms with Crippen molar-refractivity contribution in [2.45, 2.75) is 19.4 Å². The fraction of sp³-hybridized carbons (Fsp3) is 0.200. The molecule has 2 amide bonds. The van der Waals surface area contributed by atoms with Crippen molar-refractivity contribution in [3.8, 4) is 5.75 Å². The molecule has 3 heterocycles. The fourth-order valence-corrected chi connectivity index (χ4v) is 3.84. The highest BCUT2D eigenvalue weighted by molar-refractivity contribution is 6.03. The number of carbonyl (C=O) groups excluding carboxylic acids is 3. The van der Waals surface area contributed by atoms with E-state index < -0.39 is 24.5 Å². The number of furan rings is 1. The van der Waals surface area contributed by atoms with Gasteiger partial charge in [-0.05, 0) is 42.8 Å². The summed E-state index contributed by atoms with van der Waals surface area (Å²) in [6, 6.07) is 15.5. The average Bonchev–Trinajstić information content (AvgIpc) is 3.52. The molecular formula is C25H21N3O6. The molecule has 9 nitrogen and oxygen atoms in total. The lowest BCUT2D eigenvalue weighted by Gasteiger charge is -2.20. The molecule has 0 bridgehead atoms.